The van der Waals surface area contributed by atoms with E-state index in [0.29, 0.717) is 16.3 Å². The number of halogens is 4. The summed E-state index contributed by atoms with van der Waals surface area (Å²) in [5, 5.41) is 4.01. The highest BCUT2D eigenvalue weighted by molar-refractivity contribution is 7.88. The van der Waals surface area contributed by atoms with Gasteiger partial charge < -0.3 is 4.74 Å². The van der Waals surface area contributed by atoms with Crippen LogP contribution in [0.4, 0.5) is 13.2 Å². The summed E-state index contributed by atoms with van der Waals surface area (Å²) in [5.74, 6) is 0.0511. The molecule has 0 fully saturated rings. The molecule has 30 heavy (non-hydrogen) atoms. The van der Waals surface area contributed by atoms with Crippen LogP contribution in [-0.2, 0) is 46.9 Å². The van der Waals surface area contributed by atoms with Gasteiger partial charge in [0.05, 0.1) is 13.4 Å². The van der Waals surface area contributed by atoms with Gasteiger partial charge in [0.25, 0.3) is 0 Å². The summed E-state index contributed by atoms with van der Waals surface area (Å²) in [5.41, 5.74) is -0.657. The molecule has 3 rings (SSSR count). The molecule has 0 N–H and O–H groups in total. The van der Waals surface area contributed by atoms with Crippen LogP contribution < -0.4 is 4.74 Å². The second-order valence-corrected chi connectivity index (χ2v) is 9.37. The van der Waals surface area contributed by atoms with Crippen LogP contribution >= 0.6 is 11.6 Å². The Morgan fingerprint density at radius 3 is 2.63 bits per heavy atom. The van der Waals surface area contributed by atoms with Crippen LogP contribution in [-0.4, -0.2) is 48.2 Å². The highest BCUT2D eigenvalue weighted by atomic mass is 35.5. The van der Waals surface area contributed by atoms with Crippen molar-refractivity contribution in [1.29, 1.82) is 0 Å². The van der Waals surface area contributed by atoms with Crippen LogP contribution in [0, 0.1) is 0 Å². The number of sulfonamides is 1. The molecule has 1 aliphatic rings. The Bertz CT molecular complexity index is 1080. The molecule has 0 radical (unpaired) electrons. The first-order chi connectivity index (χ1) is 13.9. The number of methoxy groups -OCH3 is 1. The number of alkyl halides is 3. The third kappa shape index (κ3) is 4.79. The Labute approximate surface area is 176 Å². The second-order valence-electron chi connectivity index (χ2n) is 6.95. The zero-order chi connectivity index (χ0) is 22.3. The van der Waals surface area contributed by atoms with E-state index in [1.165, 1.54) is 7.11 Å². The first-order valence-electron chi connectivity index (χ1n) is 8.85. The minimum Gasteiger partial charge on any atom is -0.496 e. The molecular formula is C18H19ClF3N3O4S. The van der Waals surface area contributed by atoms with E-state index < -0.39 is 28.4 Å². The lowest BCUT2D eigenvalue weighted by molar-refractivity contribution is -0.142. The monoisotopic (exact) mass is 465 g/mol. The Hall–Kier alpha value is -2.11. The molecule has 164 valence electrons. The minimum absolute atomic E-state index is 0.0190. The number of aromatic nitrogens is 2. The summed E-state index contributed by atoms with van der Waals surface area (Å²) in [6.45, 7) is -0.794. The Kier molecular flexibility index (Phi) is 6.17. The Morgan fingerprint density at radius 2 is 2.03 bits per heavy atom. The molecule has 0 unspecified atom stereocenters. The van der Waals surface area contributed by atoms with E-state index >= 15 is 0 Å². The second kappa shape index (κ2) is 8.20. The van der Waals surface area contributed by atoms with Crippen LogP contribution in [0.15, 0.2) is 18.2 Å². The van der Waals surface area contributed by atoms with E-state index in [1.807, 2.05) is 0 Å². The molecule has 1 aromatic heterocycles. The van der Waals surface area contributed by atoms with Crippen molar-refractivity contribution >= 4 is 27.4 Å². The van der Waals surface area contributed by atoms with E-state index in [2.05, 4.69) is 5.10 Å². The summed E-state index contributed by atoms with van der Waals surface area (Å²) < 4.78 is 71.2. The van der Waals surface area contributed by atoms with Gasteiger partial charge in [-0.2, -0.15) is 22.6 Å². The molecule has 1 aromatic carbocycles. The molecule has 0 saturated heterocycles. The summed E-state index contributed by atoms with van der Waals surface area (Å²) in [6.07, 6.45) is -3.90. The number of Topliss-reactive ketones (excluding diaryl/α,β-unsaturated/α-hetero) is 1. The fourth-order valence-electron chi connectivity index (χ4n) is 3.43. The summed E-state index contributed by atoms with van der Waals surface area (Å²) in [6, 6.07) is 4.76. The van der Waals surface area contributed by atoms with Gasteiger partial charge in [0, 0.05) is 47.8 Å². The fraction of sp³-hybridized carbons (Fsp3) is 0.444. The predicted molar refractivity (Wildman–Crippen MR) is 103 cm³/mol. The summed E-state index contributed by atoms with van der Waals surface area (Å²) in [7, 11) is -2.23. The summed E-state index contributed by atoms with van der Waals surface area (Å²) >= 11 is 5.95. The van der Waals surface area contributed by atoms with Crippen molar-refractivity contribution in [2.45, 2.75) is 32.1 Å². The van der Waals surface area contributed by atoms with Crippen molar-refractivity contribution in [2.24, 2.45) is 0 Å². The quantitative estimate of drug-likeness (QED) is 0.655. The SMILES string of the molecule is COc1ccc(Cl)cc1CC(=O)Cn1nc(C(F)(F)F)c2c1CCN(S(C)(=O)=O)C2. The standard InChI is InChI=1S/C18H19ClF3N3O4S/c1-29-16-4-3-12(19)7-11(16)8-13(26)9-25-15-5-6-24(30(2,27)28)10-14(15)17(23-25)18(20,21)22/h3-4,7H,5-6,8-10H2,1-2H3. The van der Waals surface area contributed by atoms with Gasteiger partial charge in [0.1, 0.15) is 12.3 Å². The smallest absolute Gasteiger partial charge is 0.435 e. The number of hydrogen-bond donors (Lipinski definition) is 0. The predicted octanol–water partition coefficient (Wildman–Crippen LogP) is 2.69. The molecule has 0 bridgehead atoms. The molecule has 0 saturated carbocycles. The van der Waals surface area contributed by atoms with Crippen molar-refractivity contribution < 1.29 is 31.1 Å². The topological polar surface area (TPSA) is 81.5 Å². The molecule has 7 nitrogen and oxygen atoms in total. The van der Waals surface area contributed by atoms with Crippen molar-refractivity contribution in [3.05, 3.63) is 45.7 Å². The van der Waals surface area contributed by atoms with Crippen molar-refractivity contribution in [1.82, 2.24) is 14.1 Å². The highest BCUT2D eigenvalue weighted by Crippen LogP contribution is 2.35. The third-order valence-corrected chi connectivity index (χ3v) is 6.28. The summed E-state index contributed by atoms with van der Waals surface area (Å²) in [4.78, 5) is 12.6. The number of rotatable bonds is 6. The maximum Gasteiger partial charge on any atom is 0.435 e. The van der Waals surface area contributed by atoms with Gasteiger partial charge >= 0.3 is 6.18 Å². The minimum atomic E-state index is -4.77. The molecule has 2 aromatic rings. The molecule has 1 aliphatic heterocycles. The Balaban J connectivity index is 1.90. The van der Waals surface area contributed by atoms with Crippen molar-refractivity contribution in [3.63, 3.8) is 0 Å². The number of carbonyl (C=O) groups excluding carboxylic acids is 1. The first kappa shape index (κ1) is 22.6. The van der Waals surface area contributed by atoms with Gasteiger partial charge in [-0.05, 0) is 18.2 Å². The lowest BCUT2D eigenvalue weighted by Gasteiger charge is -2.25. The number of benzene rings is 1. The van der Waals surface area contributed by atoms with Gasteiger partial charge in [-0.3, -0.25) is 9.48 Å². The lowest BCUT2D eigenvalue weighted by Crippen LogP contribution is -2.36. The van der Waals surface area contributed by atoms with E-state index in [1.54, 1.807) is 18.2 Å². The van der Waals surface area contributed by atoms with E-state index in [4.69, 9.17) is 16.3 Å². The number of hydrogen-bond acceptors (Lipinski definition) is 5. The van der Waals surface area contributed by atoms with E-state index in [0.717, 1.165) is 15.2 Å². The van der Waals surface area contributed by atoms with Crippen LogP contribution in [0.1, 0.15) is 22.5 Å². The number of ether oxygens (including phenoxy) is 1. The van der Waals surface area contributed by atoms with Crippen LogP contribution in [0.2, 0.25) is 5.02 Å². The zero-order valence-corrected chi connectivity index (χ0v) is 17.7. The molecule has 0 atom stereocenters. The van der Waals surface area contributed by atoms with Gasteiger partial charge in [0.2, 0.25) is 10.0 Å². The van der Waals surface area contributed by atoms with Gasteiger partial charge in [-0.1, -0.05) is 11.6 Å². The zero-order valence-electron chi connectivity index (χ0n) is 16.2. The normalized spacial score (nSPS) is 15.1. The number of ketones is 1. The van der Waals surface area contributed by atoms with Crippen LogP contribution in [0.25, 0.3) is 0 Å². The highest BCUT2D eigenvalue weighted by Gasteiger charge is 2.41. The third-order valence-electron chi connectivity index (χ3n) is 4.79. The Morgan fingerprint density at radius 1 is 1.33 bits per heavy atom. The molecule has 0 amide bonds. The number of fused-ring (bicyclic) bond motifs is 1. The fourth-order valence-corrected chi connectivity index (χ4v) is 4.41. The number of carbonyl (C=O) groups is 1. The average molecular weight is 466 g/mol. The van der Waals surface area contributed by atoms with E-state index in [-0.39, 0.29) is 43.0 Å². The van der Waals surface area contributed by atoms with Gasteiger partial charge in [-0.25, -0.2) is 8.42 Å². The average Bonchev–Trinajstić information content (AvgIpc) is 2.99. The lowest BCUT2D eigenvalue weighted by atomic mass is 10.1. The van der Waals surface area contributed by atoms with Crippen molar-refractivity contribution in [2.75, 3.05) is 19.9 Å². The maximum absolute atomic E-state index is 13.5. The first-order valence-corrected chi connectivity index (χ1v) is 11.1. The molecule has 0 aliphatic carbocycles. The van der Waals surface area contributed by atoms with E-state index in [9.17, 15) is 26.4 Å². The maximum atomic E-state index is 13.5. The van der Waals surface area contributed by atoms with Gasteiger partial charge in [-0.15, -0.1) is 0 Å². The molecule has 2 heterocycles. The van der Waals surface area contributed by atoms with Crippen LogP contribution in [0.3, 0.4) is 0 Å². The van der Waals surface area contributed by atoms with Gasteiger partial charge in [0.15, 0.2) is 11.5 Å². The molecular weight excluding hydrogens is 447 g/mol. The number of nitrogens with zero attached hydrogens (tertiary/aromatic N) is 3. The molecule has 0 spiro atoms. The molecule has 12 heteroatoms. The van der Waals surface area contributed by atoms with Crippen molar-refractivity contribution in [3.8, 4) is 5.75 Å². The van der Waals surface area contributed by atoms with Crippen LogP contribution in [0.5, 0.6) is 5.75 Å². The largest absolute Gasteiger partial charge is 0.496 e.